The lowest BCUT2D eigenvalue weighted by atomic mass is 10.0. The van der Waals surface area contributed by atoms with Crippen LogP contribution < -0.4 is 0 Å². The van der Waals surface area contributed by atoms with Crippen LogP contribution in [0.25, 0.3) is 233 Å². The minimum atomic E-state index is 0.536. The molecular formula is C102H60N8O4. The maximum Gasteiger partial charge on any atom is 0.167 e. The van der Waals surface area contributed by atoms with Gasteiger partial charge in [-0.2, -0.15) is 0 Å². The first kappa shape index (κ1) is 64.3. The van der Waals surface area contributed by atoms with Gasteiger partial charge in [0, 0.05) is 86.9 Å². The van der Waals surface area contributed by atoms with Gasteiger partial charge in [-0.3, -0.25) is 0 Å². The van der Waals surface area contributed by atoms with Crippen molar-refractivity contribution in [2.24, 2.45) is 0 Å². The van der Waals surface area contributed by atoms with E-state index >= 15 is 0 Å². The number of fused-ring (bicyclic) bond motifs is 18. The summed E-state index contributed by atoms with van der Waals surface area (Å²) in [7, 11) is 0. The van der Waals surface area contributed by atoms with E-state index in [1.54, 1.807) is 0 Å². The lowest BCUT2D eigenvalue weighted by Crippen LogP contribution is -2.00. The quantitative estimate of drug-likeness (QED) is 0.130. The Bertz CT molecular complexity index is 7990. The number of benzene rings is 16. The smallest absolute Gasteiger partial charge is 0.167 e. The molecule has 24 aromatic rings. The van der Waals surface area contributed by atoms with E-state index in [4.69, 9.17) is 47.6 Å². The summed E-state index contributed by atoms with van der Waals surface area (Å²) in [6.45, 7) is 0. The van der Waals surface area contributed by atoms with Crippen molar-refractivity contribution in [1.29, 1.82) is 0 Å². The zero-order valence-electron chi connectivity index (χ0n) is 60.9. The molecule has 0 N–H and O–H groups in total. The van der Waals surface area contributed by atoms with Crippen LogP contribution in [0.1, 0.15) is 0 Å². The first-order chi connectivity index (χ1) is 56.5. The van der Waals surface area contributed by atoms with Gasteiger partial charge in [-0.1, -0.05) is 285 Å². The highest BCUT2D eigenvalue weighted by atomic mass is 16.3. The average Bonchev–Trinajstić information content (AvgIpc) is 1.58. The van der Waals surface area contributed by atoms with E-state index in [1.165, 1.54) is 38.2 Å². The summed E-state index contributed by atoms with van der Waals surface area (Å²) in [5.41, 5.74) is 22.4. The van der Waals surface area contributed by atoms with Gasteiger partial charge in [0.15, 0.2) is 46.1 Å². The van der Waals surface area contributed by atoms with Crippen molar-refractivity contribution in [3.63, 3.8) is 0 Å². The Balaban J connectivity index is 0.000000135. The fourth-order valence-corrected chi connectivity index (χ4v) is 17.0. The molecule has 0 atom stereocenters. The van der Waals surface area contributed by atoms with Gasteiger partial charge in [0.05, 0.1) is 44.6 Å². The third kappa shape index (κ3) is 10.4. The molecule has 16 aromatic carbocycles. The standard InChI is InChI=1S/2C51H30N4O2/c1-3-14-31(15-4-1)33-28-29-35-34-18-7-9-24-41(34)55(43(35)30-33)42-25-12-21-38-46-39(22-13-27-45(46)57-48(38)42)50-52-49(32-16-5-2-6-17-32)53-51(54-50)40-23-11-20-37-36-19-8-10-26-44(36)56-47(37)40;1-3-14-31(15-4-1)33-28-29-42-40(30-33)34-18-7-9-24-41(34)55(42)43-25-12-21-37-46-38(22-13-27-45(46)57-48(37)43)50-52-49(32-16-5-2-6-17-32)53-51(54-50)39-23-11-20-36-35-19-8-10-26-44(35)56-47(36)39/h2*1-30H. The first-order valence-electron chi connectivity index (χ1n) is 38.1. The normalized spacial score (nSPS) is 11.9. The van der Waals surface area contributed by atoms with Gasteiger partial charge in [0.1, 0.15) is 33.5 Å². The number of para-hydroxylation sites is 8. The Morgan fingerprint density at radius 1 is 0.175 bits per heavy atom. The molecule has 12 heteroatoms. The number of hydrogen-bond acceptors (Lipinski definition) is 10. The van der Waals surface area contributed by atoms with Gasteiger partial charge in [0.2, 0.25) is 0 Å². The van der Waals surface area contributed by atoms with E-state index in [2.05, 4.69) is 228 Å². The Kier molecular flexibility index (Phi) is 14.7. The van der Waals surface area contributed by atoms with Crippen LogP contribution in [0, 0.1) is 0 Å². The summed E-state index contributed by atoms with van der Waals surface area (Å²) in [4.78, 5) is 30.9. The molecule has 532 valence electrons. The number of aromatic nitrogens is 8. The fourth-order valence-electron chi connectivity index (χ4n) is 17.0. The molecule has 0 radical (unpaired) electrons. The minimum absolute atomic E-state index is 0.536. The highest BCUT2D eigenvalue weighted by Crippen LogP contribution is 2.47. The van der Waals surface area contributed by atoms with Crippen LogP contribution in [0.2, 0.25) is 0 Å². The molecule has 0 aliphatic heterocycles. The number of hydrogen-bond donors (Lipinski definition) is 0. The van der Waals surface area contributed by atoms with Crippen molar-refractivity contribution < 1.29 is 17.7 Å². The van der Waals surface area contributed by atoms with Crippen molar-refractivity contribution >= 4 is 131 Å². The second-order valence-electron chi connectivity index (χ2n) is 28.7. The number of furan rings is 4. The summed E-state index contributed by atoms with van der Waals surface area (Å²) < 4.78 is 31.4. The van der Waals surface area contributed by atoms with Crippen molar-refractivity contribution in [2.45, 2.75) is 0 Å². The van der Waals surface area contributed by atoms with Crippen LogP contribution >= 0.6 is 0 Å². The third-order valence-electron chi connectivity index (χ3n) is 22.2. The molecule has 0 saturated heterocycles. The van der Waals surface area contributed by atoms with Crippen molar-refractivity contribution in [3.8, 4) is 102 Å². The van der Waals surface area contributed by atoms with Crippen molar-refractivity contribution in [1.82, 2.24) is 39.0 Å². The van der Waals surface area contributed by atoms with Gasteiger partial charge in [0.25, 0.3) is 0 Å². The van der Waals surface area contributed by atoms with Gasteiger partial charge in [-0.05, 0) is 101 Å². The summed E-state index contributed by atoms with van der Waals surface area (Å²) in [6, 6.07) is 125. The molecule has 0 aliphatic carbocycles. The van der Waals surface area contributed by atoms with Crippen molar-refractivity contribution in [2.75, 3.05) is 0 Å². The summed E-state index contributed by atoms with van der Waals surface area (Å²) >= 11 is 0. The summed E-state index contributed by atoms with van der Waals surface area (Å²) in [5, 5.41) is 12.7. The van der Waals surface area contributed by atoms with Gasteiger partial charge >= 0.3 is 0 Å². The zero-order chi connectivity index (χ0) is 74.9. The topological polar surface area (TPSA) is 140 Å². The Hall–Kier alpha value is -15.7. The predicted octanol–water partition coefficient (Wildman–Crippen LogP) is 26.9. The van der Waals surface area contributed by atoms with E-state index in [-0.39, 0.29) is 0 Å². The van der Waals surface area contributed by atoms with Crippen LogP contribution in [-0.4, -0.2) is 39.0 Å². The first-order valence-corrected chi connectivity index (χ1v) is 38.1. The molecule has 0 amide bonds. The summed E-state index contributed by atoms with van der Waals surface area (Å²) in [5.74, 6) is 3.33. The van der Waals surface area contributed by atoms with Gasteiger partial charge in [-0.25, -0.2) is 29.9 Å². The molecule has 8 aromatic heterocycles. The van der Waals surface area contributed by atoms with Crippen LogP contribution in [0.5, 0.6) is 0 Å². The number of rotatable bonds is 10. The molecule has 0 aliphatic rings. The zero-order valence-corrected chi connectivity index (χ0v) is 60.9. The monoisotopic (exact) mass is 1460 g/mol. The van der Waals surface area contributed by atoms with Gasteiger partial charge < -0.3 is 26.8 Å². The Labute approximate surface area is 650 Å². The molecular weight excluding hydrogens is 1400 g/mol. The molecule has 12 nitrogen and oxygen atoms in total. The second kappa shape index (κ2) is 26.0. The average molecular weight is 1460 g/mol. The van der Waals surface area contributed by atoms with E-state index < -0.39 is 0 Å². The van der Waals surface area contributed by atoms with E-state index in [0.29, 0.717) is 34.9 Å². The molecule has 8 heterocycles. The fraction of sp³-hybridized carbons (Fsp3) is 0. The number of nitrogens with zero attached hydrogens (tertiary/aromatic N) is 8. The van der Waals surface area contributed by atoms with Gasteiger partial charge in [-0.15, -0.1) is 0 Å². The van der Waals surface area contributed by atoms with E-state index in [9.17, 15) is 0 Å². The highest BCUT2D eigenvalue weighted by molar-refractivity contribution is 6.19. The predicted molar refractivity (Wildman–Crippen MR) is 461 cm³/mol. The van der Waals surface area contributed by atoms with Crippen LogP contribution in [0.4, 0.5) is 0 Å². The molecule has 0 saturated carbocycles. The van der Waals surface area contributed by atoms with Crippen LogP contribution in [0.15, 0.2) is 382 Å². The maximum atomic E-state index is 6.90. The molecule has 24 rings (SSSR count). The third-order valence-corrected chi connectivity index (χ3v) is 22.2. The Morgan fingerprint density at radius 2 is 0.500 bits per heavy atom. The maximum absolute atomic E-state index is 6.90. The summed E-state index contributed by atoms with van der Waals surface area (Å²) in [6.07, 6.45) is 0. The lowest BCUT2D eigenvalue weighted by Gasteiger charge is -2.10. The van der Waals surface area contributed by atoms with E-state index in [0.717, 1.165) is 160 Å². The second-order valence-corrected chi connectivity index (χ2v) is 28.7. The Morgan fingerprint density at radius 3 is 1.00 bits per heavy atom. The largest absolute Gasteiger partial charge is 0.455 e. The minimum Gasteiger partial charge on any atom is -0.455 e. The van der Waals surface area contributed by atoms with Crippen LogP contribution in [-0.2, 0) is 0 Å². The molecule has 0 fully saturated rings. The van der Waals surface area contributed by atoms with E-state index in [1.807, 2.05) is 146 Å². The highest BCUT2D eigenvalue weighted by Gasteiger charge is 2.27. The molecule has 0 spiro atoms. The van der Waals surface area contributed by atoms with Crippen LogP contribution in [0.3, 0.4) is 0 Å². The molecule has 114 heavy (non-hydrogen) atoms. The lowest BCUT2D eigenvalue weighted by molar-refractivity contribution is 0.666. The SMILES string of the molecule is c1ccc(-c2ccc3c(c2)c2ccccc2n3-c2cccc3c2oc2cccc(-c4nc(-c5ccccc5)nc(-c5cccc6c5oc5ccccc56)n4)c23)cc1.c1ccc(-c2ccc3c4ccccc4n(-c4cccc5c4oc4cccc(-c6nc(-c7ccccc7)nc(-c7cccc8c7oc7ccccc78)n6)c45)c3c2)cc1. The molecule has 0 unspecified atom stereocenters. The van der Waals surface area contributed by atoms with Crippen molar-refractivity contribution in [3.05, 3.63) is 364 Å². The molecule has 0 bridgehead atoms.